The Morgan fingerprint density at radius 2 is 1.86 bits per heavy atom. The van der Waals surface area contributed by atoms with E-state index in [1.807, 2.05) is 6.07 Å². The molecule has 144 valence electrons. The Bertz CT molecular complexity index is 1020. The summed E-state index contributed by atoms with van der Waals surface area (Å²) in [7, 11) is 0. The van der Waals surface area contributed by atoms with E-state index in [0.29, 0.717) is 11.0 Å². The maximum atomic E-state index is 13.1. The molecule has 8 heteroatoms. The Kier molecular flexibility index (Phi) is 5.01. The van der Waals surface area contributed by atoms with Gasteiger partial charge < -0.3 is 14.5 Å². The molecular formula is C20H15F3N2O3. The molecule has 1 amide bonds. The highest BCUT2D eigenvalue weighted by molar-refractivity contribution is 5.96. The highest BCUT2D eigenvalue weighted by Crippen LogP contribution is 2.36. The van der Waals surface area contributed by atoms with E-state index in [1.54, 1.807) is 24.3 Å². The number of benzene rings is 2. The Morgan fingerprint density at radius 3 is 2.54 bits per heavy atom. The van der Waals surface area contributed by atoms with Gasteiger partial charge in [-0.3, -0.25) is 4.79 Å². The van der Waals surface area contributed by atoms with E-state index in [9.17, 15) is 23.2 Å². The maximum absolute atomic E-state index is 13.1. The normalized spacial score (nSPS) is 13.5. The number of fused-ring (bicyclic) bond motifs is 1. The first-order valence-electron chi connectivity index (χ1n) is 8.23. The molecular weight excluding hydrogens is 373 g/mol. The molecule has 0 saturated carbocycles. The van der Waals surface area contributed by atoms with E-state index in [0.717, 1.165) is 12.1 Å². The van der Waals surface area contributed by atoms with Crippen molar-refractivity contribution in [1.82, 2.24) is 5.32 Å². The second kappa shape index (κ2) is 7.27. The Labute approximate surface area is 158 Å². The van der Waals surface area contributed by atoms with Gasteiger partial charge in [-0.2, -0.15) is 18.4 Å². The highest BCUT2D eigenvalue weighted by Gasteiger charge is 2.35. The maximum Gasteiger partial charge on any atom is 0.419 e. The predicted molar refractivity (Wildman–Crippen MR) is 94.6 cm³/mol. The number of carbonyl (C=O) groups is 1. The third-order valence-electron chi connectivity index (χ3n) is 3.99. The fourth-order valence-electron chi connectivity index (χ4n) is 2.55. The van der Waals surface area contributed by atoms with Crippen molar-refractivity contribution in [3.05, 3.63) is 65.9 Å². The zero-order valence-electron chi connectivity index (χ0n) is 14.7. The molecule has 1 N–H and O–H groups in total. The highest BCUT2D eigenvalue weighted by atomic mass is 19.4. The number of carbonyl (C=O) groups excluding carboxylic acids is 1. The molecule has 2 aromatic carbocycles. The van der Waals surface area contributed by atoms with Crippen molar-refractivity contribution in [3.8, 4) is 11.8 Å². The fraction of sp³-hybridized carbons (Fsp3) is 0.200. The lowest BCUT2D eigenvalue weighted by Crippen LogP contribution is -2.49. The minimum Gasteiger partial charge on any atom is -0.489 e. The van der Waals surface area contributed by atoms with Gasteiger partial charge in [0.25, 0.3) is 5.91 Å². The summed E-state index contributed by atoms with van der Waals surface area (Å²) in [6, 6.07) is 15.0. The topological polar surface area (TPSA) is 75.3 Å². The van der Waals surface area contributed by atoms with E-state index < -0.39 is 35.5 Å². The van der Waals surface area contributed by atoms with E-state index in [-0.39, 0.29) is 5.76 Å². The molecule has 3 rings (SSSR count). The summed E-state index contributed by atoms with van der Waals surface area (Å²) in [6.07, 6.45) is -4.60. The molecule has 0 bridgehead atoms. The van der Waals surface area contributed by atoms with Gasteiger partial charge in [0.1, 0.15) is 17.9 Å². The lowest BCUT2D eigenvalue weighted by atomic mass is 10.1. The Morgan fingerprint density at radius 1 is 1.18 bits per heavy atom. The number of halogens is 3. The second-order valence-corrected chi connectivity index (χ2v) is 6.33. The second-order valence-electron chi connectivity index (χ2n) is 6.33. The van der Waals surface area contributed by atoms with Crippen LogP contribution < -0.4 is 10.1 Å². The van der Waals surface area contributed by atoms with Gasteiger partial charge in [0.2, 0.25) is 0 Å². The number of hydrogen-bond donors (Lipinski definition) is 1. The smallest absolute Gasteiger partial charge is 0.419 e. The summed E-state index contributed by atoms with van der Waals surface area (Å²) in [4.78, 5) is 12.4. The molecule has 1 aromatic heterocycles. The molecule has 0 aliphatic heterocycles. The number of para-hydroxylation sites is 2. The summed E-state index contributed by atoms with van der Waals surface area (Å²) >= 11 is 0. The van der Waals surface area contributed by atoms with E-state index in [2.05, 4.69) is 5.32 Å². The van der Waals surface area contributed by atoms with Crippen LogP contribution in [0.4, 0.5) is 13.2 Å². The molecule has 28 heavy (non-hydrogen) atoms. The summed E-state index contributed by atoms with van der Waals surface area (Å²) < 4.78 is 49.8. The third kappa shape index (κ3) is 4.09. The Balaban J connectivity index is 1.75. The van der Waals surface area contributed by atoms with E-state index >= 15 is 0 Å². The molecule has 0 fully saturated rings. The summed E-state index contributed by atoms with van der Waals surface area (Å²) in [6.45, 7) is 0.867. The predicted octanol–water partition coefficient (Wildman–Crippen LogP) is 4.54. The van der Waals surface area contributed by atoms with Crippen LogP contribution in [0.15, 0.2) is 59.0 Å². The van der Waals surface area contributed by atoms with Crippen LogP contribution in [-0.2, 0) is 6.18 Å². The fourth-order valence-corrected chi connectivity index (χ4v) is 2.55. The quantitative estimate of drug-likeness (QED) is 0.696. The number of amides is 1. The molecule has 1 atom stereocenters. The van der Waals surface area contributed by atoms with Gasteiger partial charge in [-0.25, -0.2) is 0 Å². The lowest BCUT2D eigenvalue weighted by Gasteiger charge is -2.24. The SMILES string of the molecule is CC(C#N)(COc1ccccc1C(F)(F)F)NC(=O)c1cc2ccccc2o1. The van der Waals surface area contributed by atoms with Crippen LogP contribution in [-0.4, -0.2) is 18.1 Å². The molecule has 0 aliphatic carbocycles. The van der Waals surface area contributed by atoms with Gasteiger partial charge >= 0.3 is 6.18 Å². The van der Waals surface area contributed by atoms with Crippen molar-refractivity contribution >= 4 is 16.9 Å². The number of rotatable bonds is 5. The monoisotopic (exact) mass is 388 g/mol. The zero-order valence-corrected chi connectivity index (χ0v) is 14.7. The molecule has 0 saturated heterocycles. The van der Waals surface area contributed by atoms with Gasteiger partial charge in [-0.15, -0.1) is 0 Å². The van der Waals surface area contributed by atoms with Crippen LogP contribution in [0.1, 0.15) is 23.0 Å². The van der Waals surface area contributed by atoms with Crippen molar-refractivity contribution in [3.63, 3.8) is 0 Å². The summed E-state index contributed by atoms with van der Waals surface area (Å²) in [5.41, 5.74) is -2.03. The number of ether oxygens (including phenoxy) is 1. The minimum absolute atomic E-state index is 0.0154. The molecule has 0 spiro atoms. The van der Waals surface area contributed by atoms with Crippen molar-refractivity contribution in [2.24, 2.45) is 0 Å². The number of nitrogens with zero attached hydrogens (tertiary/aromatic N) is 1. The molecule has 1 unspecified atom stereocenters. The lowest BCUT2D eigenvalue weighted by molar-refractivity contribution is -0.139. The van der Waals surface area contributed by atoms with E-state index in [4.69, 9.17) is 9.15 Å². The molecule has 3 aromatic rings. The van der Waals surface area contributed by atoms with Gasteiger partial charge in [-0.05, 0) is 31.2 Å². The van der Waals surface area contributed by atoms with Crippen molar-refractivity contribution in [2.45, 2.75) is 18.6 Å². The van der Waals surface area contributed by atoms with Crippen LogP contribution >= 0.6 is 0 Å². The average Bonchev–Trinajstić information content (AvgIpc) is 3.10. The number of furan rings is 1. The van der Waals surface area contributed by atoms with Gasteiger partial charge in [-0.1, -0.05) is 30.3 Å². The first-order valence-corrected chi connectivity index (χ1v) is 8.23. The van der Waals surface area contributed by atoms with Crippen LogP contribution in [0.2, 0.25) is 0 Å². The first kappa shape index (κ1) is 19.3. The number of hydrogen-bond acceptors (Lipinski definition) is 4. The van der Waals surface area contributed by atoms with Crippen LogP contribution in [0.5, 0.6) is 5.75 Å². The molecule has 5 nitrogen and oxygen atoms in total. The third-order valence-corrected chi connectivity index (χ3v) is 3.99. The van der Waals surface area contributed by atoms with Crippen molar-refractivity contribution < 1.29 is 27.1 Å². The van der Waals surface area contributed by atoms with Crippen LogP contribution in [0, 0.1) is 11.3 Å². The molecule has 1 heterocycles. The summed E-state index contributed by atoms with van der Waals surface area (Å²) in [5.74, 6) is -1.11. The van der Waals surface area contributed by atoms with Crippen molar-refractivity contribution in [1.29, 1.82) is 5.26 Å². The van der Waals surface area contributed by atoms with Crippen molar-refractivity contribution in [2.75, 3.05) is 6.61 Å². The molecule has 0 radical (unpaired) electrons. The van der Waals surface area contributed by atoms with Gasteiger partial charge in [0, 0.05) is 5.39 Å². The van der Waals surface area contributed by atoms with Crippen LogP contribution in [0.3, 0.4) is 0 Å². The number of nitrogens with one attached hydrogen (secondary N) is 1. The van der Waals surface area contributed by atoms with E-state index in [1.165, 1.54) is 25.1 Å². The average molecular weight is 388 g/mol. The Hall–Kier alpha value is -3.47. The molecule has 0 aliphatic rings. The largest absolute Gasteiger partial charge is 0.489 e. The zero-order chi connectivity index (χ0) is 20.4. The van der Waals surface area contributed by atoms with Gasteiger partial charge in [0.05, 0.1) is 11.6 Å². The minimum atomic E-state index is -4.60. The van der Waals surface area contributed by atoms with Gasteiger partial charge in [0.15, 0.2) is 11.3 Å². The number of nitriles is 1. The number of alkyl halides is 3. The van der Waals surface area contributed by atoms with Crippen LogP contribution in [0.25, 0.3) is 11.0 Å². The first-order chi connectivity index (χ1) is 13.2. The standard InChI is InChI=1S/C20H15F3N2O3/c1-19(11-24,12-27-16-9-5-3-7-14(16)20(21,22)23)25-18(26)17-10-13-6-2-4-8-15(13)28-17/h2-10H,12H2,1H3,(H,25,26). The summed E-state index contributed by atoms with van der Waals surface area (Å²) in [5, 5.41) is 12.6.